The van der Waals surface area contributed by atoms with Crippen LogP contribution in [0.1, 0.15) is 29.3 Å². The minimum absolute atomic E-state index is 0.260. The first kappa shape index (κ1) is 21.7. The lowest BCUT2D eigenvalue weighted by Crippen LogP contribution is -2.17. The Morgan fingerprint density at radius 3 is 2.41 bits per heavy atom. The zero-order chi connectivity index (χ0) is 21.1. The molecule has 0 atom stereocenters. The number of esters is 1. The number of rotatable bonds is 10. The van der Waals surface area contributed by atoms with Gasteiger partial charge in [0.05, 0.1) is 32.6 Å². The van der Waals surface area contributed by atoms with Crippen LogP contribution in [0, 0.1) is 0 Å². The molecule has 0 saturated carbocycles. The van der Waals surface area contributed by atoms with Gasteiger partial charge < -0.3 is 24.4 Å². The molecule has 0 aliphatic heterocycles. The van der Waals surface area contributed by atoms with E-state index in [1.54, 1.807) is 56.7 Å². The van der Waals surface area contributed by atoms with E-state index in [0.29, 0.717) is 29.4 Å². The van der Waals surface area contributed by atoms with E-state index in [2.05, 4.69) is 10.5 Å². The zero-order valence-electron chi connectivity index (χ0n) is 16.6. The van der Waals surface area contributed by atoms with Gasteiger partial charge in [0.25, 0.3) is 5.91 Å². The summed E-state index contributed by atoms with van der Waals surface area (Å²) in [6, 6.07) is 11.7. The van der Waals surface area contributed by atoms with Crippen molar-refractivity contribution in [3.8, 4) is 11.5 Å². The minimum atomic E-state index is -0.391. The monoisotopic (exact) mass is 400 g/mol. The molecule has 1 amide bonds. The highest BCUT2D eigenvalue weighted by atomic mass is 16.6. The summed E-state index contributed by atoms with van der Waals surface area (Å²) in [6.45, 7) is 2.04. The quantitative estimate of drug-likeness (QED) is 0.374. The second-order valence-electron chi connectivity index (χ2n) is 5.88. The van der Waals surface area contributed by atoms with Crippen molar-refractivity contribution >= 4 is 23.8 Å². The van der Waals surface area contributed by atoms with Crippen LogP contribution in [0.15, 0.2) is 47.6 Å². The molecular formula is C21H24N2O6. The van der Waals surface area contributed by atoms with E-state index in [9.17, 15) is 9.59 Å². The number of amides is 1. The molecule has 154 valence electrons. The second kappa shape index (κ2) is 11.3. The molecule has 2 aromatic rings. The maximum Gasteiger partial charge on any atom is 0.338 e. The van der Waals surface area contributed by atoms with Gasteiger partial charge in [-0.2, -0.15) is 0 Å². The van der Waals surface area contributed by atoms with E-state index >= 15 is 0 Å². The van der Waals surface area contributed by atoms with Crippen LogP contribution in [-0.2, 0) is 14.4 Å². The van der Waals surface area contributed by atoms with Gasteiger partial charge >= 0.3 is 5.97 Å². The largest absolute Gasteiger partial charge is 0.493 e. The van der Waals surface area contributed by atoms with Crippen LogP contribution in [0.5, 0.6) is 11.5 Å². The molecule has 1 N–H and O–H groups in total. The highest BCUT2D eigenvalue weighted by molar-refractivity contribution is 5.93. The maximum absolute atomic E-state index is 11.9. The standard InChI is InChI=1S/C21H24N2O6/c1-4-11-28-21(25)16-6-8-17(9-7-16)23-20(24)14-29-22-13-15-5-10-18(26-2)19(12-15)27-3/h5-10,12-13H,4,11,14H2,1-3H3,(H,23,24)/b22-13-. The van der Waals surface area contributed by atoms with Gasteiger partial charge in [0.15, 0.2) is 18.1 Å². The van der Waals surface area contributed by atoms with Crippen molar-refractivity contribution < 1.29 is 28.6 Å². The van der Waals surface area contributed by atoms with Crippen LogP contribution in [0.3, 0.4) is 0 Å². The summed E-state index contributed by atoms with van der Waals surface area (Å²) in [5, 5.41) is 6.43. The third-order valence-corrected chi connectivity index (χ3v) is 3.72. The number of methoxy groups -OCH3 is 2. The van der Waals surface area contributed by atoms with Gasteiger partial charge in [-0.05, 0) is 48.9 Å². The Bertz CT molecular complexity index is 849. The molecule has 2 rings (SSSR count). The highest BCUT2D eigenvalue weighted by Gasteiger charge is 2.08. The molecule has 0 unspecified atom stereocenters. The van der Waals surface area contributed by atoms with Crippen LogP contribution in [-0.4, -0.2) is 45.5 Å². The SMILES string of the molecule is CCCOC(=O)c1ccc(NC(=O)CO/N=C\c2ccc(OC)c(OC)c2)cc1. The van der Waals surface area contributed by atoms with Gasteiger partial charge in [0, 0.05) is 11.3 Å². The van der Waals surface area contributed by atoms with E-state index in [0.717, 1.165) is 12.0 Å². The first-order chi connectivity index (χ1) is 14.1. The van der Waals surface area contributed by atoms with Crippen molar-refractivity contribution in [3.05, 3.63) is 53.6 Å². The molecule has 29 heavy (non-hydrogen) atoms. The highest BCUT2D eigenvalue weighted by Crippen LogP contribution is 2.26. The van der Waals surface area contributed by atoms with Crippen LogP contribution >= 0.6 is 0 Å². The van der Waals surface area contributed by atoms with Gasteiger partial charge in [-0.1, -0.05) is 12.1 Å². The van der Waals surface area contributed by atoms with Crippen LogP contribution in [0.4, 0.5) is 5.69 Å². The summed E-state index contributed by atoms with van der Waals surface area (Å²) in [7, 11) is 3.10. The molecule has 0 bridgehead atoms. The van der Waals surface area contributed by atoms with Gasteiger partial charge in [-0.15, -0.1) is 0 Å². The molecule has 0 aromatic heterocycles. The van der Waals surface area contributed by atoms with Crippen molar-refractivity contribution in [1.82, 2.24) is 0 Å². The summed E-state index contributed by atoms with van der Waals surface area (Å²) in [5.74, 6) is 0.402. The Morgan fingerprint density at radius 1 is 1.03 bits per heavy atom. The Labute approximate surface area is 169 Å². The summed E-state index contributed by atoms with van der Waals surface area (Å²) in [5.41, 5.74) is 1.69. The summed E-state index contributed by atoms with van der Waals surface area (Å²) < 4.78 is 15.4. The van der Waals surface area contributed by atoms with Crippen molar-refractivity contribution in [2.75, 3.05) is 32.8 Å². The fourth-order valence-corrected chi connectivity index (χ4v) is 2.29. The zero-order valence-corrected chi connectivity index (χ0v) is 16.6. The van der Waals surface area contributed by atoms with Crippen LogP contribution in [0.25, 0.3) is 0 Å². The number of hydrogen-bond donors (Lipinski definition) is 1. The lowest BCUT2D eigenvalue weighted by Gasteiger charge is -2.07. The number of ether oxygens (including phenoxy) is 3. The molecule has 0 radical (unpaired) electrons. The number of nitrogens with zero attached hydrogens (tertiary/aromatic N) is 1. The van der Waals surface area contributed by atoms with Gasteiger partial charge in [-0.3, -0.25) is 4.79 Å². The molecule has 0 saturated heterocycles. The number of anilines is 1. The fourth-order valence-electron chi connectivity index (χ4n) is 2.29. The van der Waals surface area contributed by atoms with Gasteiger partial charge in [-0.25, -0.2) is 4.79 Å². The molecule has 2 aromatic carbocycles. The molecule has 0 heterocycles. The fraction of sp³-hybridized carbons (Fsp3) is 0.286. The summed E-state index contributed by atoms with van der Waals surface area (Å²) >= 11 is 0. The van der Waals surface area contributed by atoms with Crippen molar-refractivity contribution in [1.29, 1.82) is 0 Å². The number of oxime groups is 1. The van der Waals surface area contributed by atoms with Gasteiger partial charge in [0.1, 0.15) is 0 Å². The minimum Gasteiger partial charge on any atom is -0.493 e. The lowest BCUT2D eigenvalue weighted by atomic mass is 10.2. The first-order valence-corrected chi connectivity index (χ1v) is 9.01. The molecular weight excluding hydrogens is 376 g/mol. The maximum atomic E-state index is 11.9. The second-order valence-corrected chi connectivity index (χ2v) is 5.88. The Kier molecular flexibility index (Phi) is 8.50. The van der Waals surface area contributed by atoms with Gasteiger partial charge in [0.2, 0.25) is 0 Å². The Balaban J connectivity index is 1.81. The van der Waals surface area contributed by atoms with E-state index < -0.39 is 5.97 Å². The van der Waals surface area contributed by atoms with Crippen molar-refractivity contribution in [2.45, 2.75) is 13.3 Å². The van der Waals surface area contributed by atoms with E-state index in [4.69, 9.17) is 19.0 Å². The molecule has 0 aliphatic rings. The topological polar surface area (TPSA) is 95.5 Å². The normalized spacial score (nSPS) is 10.4. The summed E-state index contributed by atoms with van der Waals surface area (Å²) in [4.78, 5) is 28.7. The molecule has 0 spiro atoms. The number of carbonyl (C=O) groups excluding carboxylic acids is 2. The lowest BCUT2D eigenvalue weighted by molar-refractivity contribution is -0.120. The smallest absolute Gasteiger partial charge is 0.338 e. The Hall–Kier alpha value is -3.55. The van der Waals surface area contributed by atoms with Crippen LogP contribution < -0.4 is 14.8 Å². The van der Waals surface area contributed by atoms with Crippen molar-refractivity contribution in [2.24, 2.45) is 5.16 Å². The molecule has 8 heteroatoms. The number of carbonyl (C=O) groups is 2. The average molecular weight is 400 g/mol. The molecule has 0 aliphatic carbocycles. The van der Waals surface area contributed by atoms with E-state index in [1.165, 1.54) is 6.21 Å². The third-order valence-electron chi connectivity index (χ3n) is 3.72. The summed E-state index contributed by atoms with van der Waals surface area (Å²) in [6.07, 6.45) is 2.22. The number of hydrogen-bond acceptors (Lipinski definition) is 7. The Morgan fingerprint density at radius 2 is 1.76 bits per heavy atom. The van der Waals surface area contributed by atoms with Crippen molar-refractivity contribution in [3.63, 3.8) is 0 Å². The predicted molar refractivity (Wildman–Crippen MR) is 109 cm³/mol. The molecule has 8 nitrogen and oxygen atoms in total. The number of nitrogens with one attached hydrogen (secondary N) is 1. The van der Waals surface area contributed by atoms with E-state index in [1.807, 2.05) is 6.92 Å². The third kappa shape index (κ3) is 6.84. The average Bonchev–Trinajstić information content (AvgIpc) is 2.75. The first-order valence-electron chi connectivity index (χ1n) is 9.01. The van der Waals surface area contributed by atoms with E-state index in [-0.39, 0.29) is 12.5 Å². The number of benzene rings is 2. The molecule has 0 fully saturated rings. The predicted octanol–water partition coefficient (Wildman–Crippen LogP) is 3.26. The van der Waals surface area contributed by atoms with Crippen LogP contribution in [0.2, 0.25) is 0 Å².